The fraction of sp³-hybridized carbons (Fsp3) is 0.0714. The minimum atomic E-state index is -0.195. The Balaban J connectivity index is 2.05. The molecule has 2 N–H and O–H groups in total. The number of phenols is 2. The van der Waals surface area contributed by atoms with Gasteiger partial charge in [-0.15, -0.1) is 11.8 Å². The van der Waals surface area contributed by atoms with Crippen molar-refractivity contribution >= 4 is 33.5 Å². The first-order valence-electron chi connectivity index (χ1n) is 5.50. The third-order valence-electron chi connectivity index (χ3n) is 2.45. The Kier molecular flexibility index (Phi) is 4.50. The molecule has 0 fully saturated rings. The van der Waals surface area contributed by atoms with E-state index in [9.17, 15) is 15.0 Å². The van der Waals surface area contributed by atoms with Crippen molar-refractivity contribution in [3.8, 4) is 11.5 Å². The predicted molar refractivity (Wildman–Crippen MR) is 79.0 cm³/mol. The summed E-state index contributed by atoms with van der Waals surface area (Å²) in [5.74, 6) is -0.203. The van der Waals surface area contributed by atoms with Gasteiger partial charge < -0.3 is 10.2 Å². The van der Waals surface area contributed by atoms with E-state index in [-0.39, 0.29) is 28.6 Å². The molecule has 19 heavy (non-hydrogen) atoms. The van der Waals surface area contributed by atoms with E-state index in [0.717, 1.165) is 15.4 Å². The maximum atomic E-state index is 12.0. The van der Waals surface area contributed by atoms with E-state index in [2.05, 4.69) is 15.9 Å². The van der Waals surface area contributed by atoms with Gasteiger partial charge in [-0.2, -0.15) is 0 Å². The summed E-state index contributed by atoms with van der Waals surface area (Å²) in [5, 5.41) is 18.8. The Morgan fingerprint density at radius 1 is 1.16 bits per heavy atom. The summed E-state index contributed by atoms with van der Waals surface area (Å²) < 4.78 is 0.956. The average molecular weight is 339 g/mol. The lowest BCUT2D eigenvalue weighted by Gasteiger charge is -2.05. The minimum Gasteiger partial charge on any atom is -0.508 e. The maximum absolute atomic E-state index is 12.0. The van der Waals surface area contributed by atoms with Crippen LogP contribution in [0.15, 0.2) is 51.8 Å². The Morgan fingerprint density at radius 3 is 2.63 bits per heavy atom. The number of carbonyl (C=O) groups excluding carboxylic acids is 1. The number of rotatable bonds is 4. The summed E-state index contributed by atoms with van der Waals surface area (Å²) >= 11 is 4.76. The van der Waals surface area contributed by atoms with Crippen LogP contribution in [0, 0.1) is 0 Å². The van der Waals surface area contributed by atoms with Gasteiger partial charge in [0.05, 0.1) is 11.3 Å². The fourth-order valence-electron chi connectivity index (χ4n) is 1.54. The number of hydrogen-bond acceptors (Lipinski definition) is 4. The number of aromatic hydroxyl groups is 2. The Hall–Kier alpha value is -1.46. The van der Waals surface area contributed by atoms with Crippen LogP contribution in [0.25, 0.3) is 0 Å². The van der Waals surface area contributed by atoms with Gasteiger partial charge >= 0.3 is 0 Å². The van der Waals surface area contributed by atoms with E-state index in [4.69, 9.17) is 0 Å². The topological polar surface area (TPSA) is 57.5 Å². The smallest absolute Gasteiger partial charge is 0.176 e. The van der Waals surface area contributed by atoms with Crippen molar-refractivity contribution in [2.45, 2.75) is 4.90 Å². The summed E-state index contributed by atoms with van der Waals surface area (Å²) in [6.07, 6.45) is 0. The van der Waals surface area contributed by atoms with E-state index in [1.54, 1.807) is 0 Å². The van der Waals surface area contributed by atoms with Crippen molar-refractivity contribution in [2.24, 2.45) is 0 Å². The van der Waals surface area contributed by atoms with Crippen LogP contribution in [0.2, 0.25) is 0 Å². The molecule has 0 unspecified atom stereocenters. The second-order valence-corrected chi connectivity index (χ2v) is 5.84. The molecule has 98 valence electrons. The molecule has 0 spiro atoms. The number of thioether (sulfide) groups is 1. The molecule has 0 heterocycles. The third-order valence-corrected chi connectivity index (χ3v) is 3.93. The Labute approximate surface area is 123 Å². The van der Waals surface area contributed by atoms with E-state index >= 15 is 0 Å². The summed E-state index contributed by atoms with van der Waals surface area (Å²) in [6.45, 7) is 0. The molecule has 0 radical (unpaired) electrons. The second kappa shape index (κ2) is 6.12. The number of carbonyl (C=O) groups is 1. The molecule has 2 aromatic rings. The number of benzene rings is 2. The lowest BCUT2D eigenvalue weighted by Crippen LogP contribution is -2.02. The number of hydrogen-bond donors (Lipinski definition) is 2. The third kappa shape index (κ3) is 3.75. The molecule has 5 heteroatoms. The zero-order valence-corrected chi connectivity index (χ0v) is 12.2. The zero-order chi connectivity index (χ0) is 13.8. The van der Waals surface area contributed by atoms with Crippen molar-refractivity contribution < 1.29 is 15.0 Å². The molecule has 3 nitrogen and oxygen atoms in total. The number of phenolic OH excluding ortho intramolecular Hbond substituents is 2. The van der Waals surface area contributed by atoms with Crippen molar-refractivity contribution in [1.29, 1.82) is 0 Å². The van der Waals surface area contributed by atoms with Crippen LogP contribution in [0.1, 0.15) is 10.4 Å². The fourth-order valence-corrected chi connectivity index (χ4v) is 2.93. The van der Waals surface area contributed by atoms with Crippen molar-refractivity contribution in [3.63, 3.8) is 0 Å². The van der Waals surface area contributed by atoms with Crippen LogP contribution in [-0.2, 0) is 0 Å². The van der Waals surface area contributed by atoms with Gasteiger partial charge in [0.15, 0.2) is 5.78 Å². The molecular weight excluding hydrogens is 328 g/mol. The molecular formula is C14H11BrO3S. The van der Waals surface area contributed by atoms with Crippen LogP contribution in [0.5, 0.6) is 11.5 Å². The molecule has 0 aliphatic heterocycles. The molecule has 2 rings (SSSR count). The summed E-state index contributed by atoms with van der Waals surface area (Å²) in [6, 6.07) is 11.6. The molecule has 0 aliphatic rings. The molecule has 0 saturated heterocycles. The molecule has 0 aromatic heterocycles. The number of Topliss-reactive ketones (excluding diaryl/α,β-unsaturated/α-hetero) is 1. The van der Waals surface area contributed by atoms with Gasteiger partial charge in [0, 0.05) is 15.4 Å². The van der Waals surface area contributed by atoms with Crippen LogP contribution in [0.3, 0.4) is 0 Å². The highest BCUT2D eigenvalue weighted by atomic mass is 79.9. The number of ketones is 1. The molecule has 0 saturated carbocycles. The Morgan fingerprint density at radius 2 is 1.95 bits per heavy atom. The number of halogens is 1. The Bertz CT molecular complexity index is 613. The van der Waals surface area contributed by atoms with E-state index in [1.807, 2.05) is 24.3 Å². The minimum absolute atomic E-state index is 0.0614. The predicted octanol–water partition coefficient (Wildman–Crippen LogP) is 3.84. The van der Waals surface area contributed by atoms with Gasteiger partial charge in [0.25, 0.3) is 0 Å². The van der Waals surface area contributed by atoms with Crippen LogP contribution >= 0.6 is 27.7 Å². The highest BCUT2D eigenvalue weighted by molar-refractivity contribution is 9.10. The monoisotopic (exact) mass is 338 g/mol. The molecule has 0 aliphatic carbocycles. The average Bonchev–Trinajstić information content (AvgIpc) is 2.36. The first-order valence-corrected chi connectivity index (χ1v) is 7.27. The lowest BCUT2D eigenvalue weighted by molar-refractivity contribution is 0.102. The van der Waals surface area contributed by atoms with Crippen molar-refractivity contribution in [3.05, 3.63) is 52.5 Å². The molecule has 0 bridgehead atoms. The van der Waals surface area contributed by atoms with Crippen LogP contribution in [0.4, 0.5) is 0 Å². The first-order chi connectivity index (χ1) is 9.06. The van der Waals surface area contributed by atoms with Crippen molar-refractivity contribution in [2.75, 3.05) is 5.75 Å². The lowest BCUT2D eigenvalue weighted by atomic mass is 10.1. The molecule has 2 aromatic carbocycles. The van der Waals surface area contributed by atoms with Crippen molar-refractivity contribution in [1.82, 2.24) is 0 Å². The second-order valence-electron chi connectivity index (χ2n) is 3.87. The van der Waals surface area contributed by atoms with Gasteiger partial charge in [-0.3, -0.25) is 4.79 Å². The SMILES string of the molecule is O=C(CSc1cccc(Br)c1)c1ccc(O)cc1O. The van der Waals surface area contributed by atoms with E-state index in [0.29, 0.717) is 0 Å². The summed E-state index contributed by atoms with van der Waals surface area (Å²) in [5.41, 5.74) is 0.222. The highest BCUT2D eigenvalue weighted by Crippen LogP contribution is 2.26. The van der Waals surface area contributed by atoms with Crippen LogP contribution in [-0.4, -0.2) is 21.7 Å². The molecule has 0 atom stereocenters. The summed E-state index contributed by atoms with van der Waals surface area (Å²) in [4.78, 5) is 12.9. The largest absolute Gasteiger partial charge is 0.508 e. The van der Waals surface area contributed by atoms with Gasteiger partial charge in [0.1, 0.15) is 11.5 Å². The van der Waals surface area contributed by atoms with Gasteiger partial charge in [-0.05, 0) is 30.3 Å². The zero-order valence-electron chi connectivity index (χ0n) is 9.84. The van der Waals surface area contributed by atoms with E-state index < -0.39 is 0 Å². The van der Waals surface area contributed by atoms with E-state index in [1.165, 1.54) is 23.9 Å². The van der Waals surface area contributed by atoms with Gasteiger partial charge in [0.2, 0.25) is 0 Å². The quantitative estimate of drug-likeness (QED) is 0.656. The van der Waals surface area contributed by atoms with Crippen LogP contribution < -0.4 is 0 Å². The standard InChI is InChI=1S/C14H11BrO3S/c15-9-2-1-3-11(6-9)19-8-14(18)12-5-4-10(16)7-13(12)17/h1-7,16-17H,8H2. The van der Waals surface area contributed by atoms with Gasteiger partial charge in [-0.25, -0.2) is 0 Å². The first kappa shape index (κ1) is 14.0. The highest BCUT2D eigenvalue weighted by Gasteiger charge is 2.12. The van der Waals surface area contributed by atoms with Gasteiger partial charge in [-0.1, -0.05) is 22.0 Å². The maximum Gasteiger partial charge on any atom is 0.176 e. The summed E-state index contributed by atoms with van der Waals surface area (Å²) in [7, 11) is 0. The molecule has 0 amide bonds. The normalized spacial score (nSPS) is 10.4.